The van der Waals surface area contributed by atoms with Gasteiger partial charge in [0.1, 0.15) is 10.4 Å². The normalized spacial score (nSPS) is 12.8. The molecule has 0 radical (unpaired) electrons. The molecule has 1 atom stereocenters. The third kappa shape index (κ3) is 3.86. The predicted molar refractivity (Wildman–Crippen MR) is 68.8 cm³/mol. The summed E-state index contributed by atoms with van der Waals surface area (Å²) in [5, 5.41) is 11.4. The molecule has 0 saturated heterocycles. The zero-order valence-corrected chi connectivity index (χ0v) is 11.5. The molecule has 10 heteroatoms. The minimum Gasteiger partial charge on any atom is -0.304 e. The summed E-state index contributed by atoms with van der Waals surface area (Å²) < 4.78 is 22.4. The zero-order chi connectivity index (χ0) is 14.8. The highest BCUT2D eigenvalue weighted by atomic mass is 35.5. The molecule has 19 heavy (non-hydrogen) atoms. The second kappa shape index (κ2) is 5.49. The average molecular weight is 308 g/mol. The molecule has 104 valence electrons. The Bertz CT molecular complexity index is 631. The van der Waals surface area contributed by atoms with Crippen molar-refractivity contribution < 1.29 is 18.1 Å². The first-order valence-electron chi connectivity index (χ1n) is 4.93. The van der Waals surface area contributed by atoms with Crippen LogP contribution in [0.4, 0.5) is 11.5 Å². The lowest BCUT2D eigenvalue weighted by atomic mass is 10.3. The van der Waals surface area contributed by atoms with Gasteiger partial charge in [0.2, 0.25) is 11.7 Å². The summed E-state index contributed by atoms with van der Waals surface area (Å²) in [6.07, 6.45) is 0.886. The van der Waals surface area contributed by atoms with Crippen LogP contribution in [0, 0.1) is 10.1 Å². The van der Waals surface area contributed by atoms with Crippen LogP contribution in [-0.4, -0.2) is 35.7 Å². The Balaban J connectivity index is 3.09. The van der Waals surface area contributed by atoms with Crippen LogP contribution < -0.4 is 5.32 Å². The number of hydrogen-bond acceptors (Lipinski definition) is 6. The molecule has 0 saturated carbocycles. The van der Waals surface area contributed by atoms with Gasteiger partial charge >= 0.3 is 5.69 Å². The number of anilines is 1. The molecule has 0 aliphatic carbocycles. The van der Waals surface area contributed by atoms with Crippen molar-refractivity contribution in [3.8, 4) is 0 Å². The summed E-state index contributed by atoms with van der Waals surface area (Å²) in [5.41, 5.74) is -0.474. The van der Waals surface area contributed by atoms with E-state index in [1.165, 1.54) is 13.0 Å². The first kappa shape index (κ1) is 15.3. The number of nitro groups is 1. The van der Waals surface area contributed by atoms with Crippen LogP contribution in [0.1, 0.15) is 6.92 Å². The highest BCUT2D eigenvalue weighted by molar-refractivity contribution is 7.92. The van der Waals surface area contributed by atoms with Gasteiger partial charge in [-0.05, 0) is 13.0 Å². The number of carbonyl (C=O) groups is 1. The SMILES string of the molecule is CC(C(=O)Nc1nc(Cl)ccc1[N+](=O)[O-])S(C)(=O)=O. The Morgan fingerprint density at radius 2 is 2.11 bits per heavy atom. The lowest BCUT2D eigenvalue weighted by Crippen LogP contribution is -2.32. The molecule has 8 nitrogen and oxygen atoms in total. The third-order valence-electron chi connectivity index (χ3n) is 2.29. The van der Waals surface area contributed by atoms with Gasteiger partial charge in [0.15, 0.2) is 9.84 Å². The lowest BCUT2D eigenvalue weighted by molar-refractivity contribution is -0.384. The van der Waals surface area contributed by atoms with Gasteiger partial charge in [0, 0.05) is 12.3 Å². The fourth-order valence-electron chi connectivity index (χ4n) is 1.08. The van der Waals surface area contributed by atoms with E-state index >= 15 is 0 Å². The fraction of sp³-hybridized carbons (Fsp3) is 0.333. The number of nitrogens with zero attached hydrogens (tertiary/aromatic N) is 2. The molecule has 0 aromatic carbocycles. The second-order valence-electron chi connectivity index (χ2n) is 3.72. The van der Waals surface area contributed by atoms with Gasteiger partial charge in [-0.15, -0.1) is 0 Å². The van der Waals surface area contributed by atoms with Crippen molar-refractivity contribution in [2.75, 3.05) is 11.6 Å². The number of aromatic nitrogens is 1. The maximum atomic E-state index is 11.6. The van der Waals surface area contributed by atoms with Crippen molar-refractivity contribution >= 4 is 38.9 Å². The third-order valence-corrected chi connectivity index (χ3v) is 4.00. The van der Waals surface area contributed by atoms with Gasteiger partial charge in [0.25, 0.3) is 0 Å². The summed E-state index contributed by atoms with van der Waals surface area (Å²) >= 11 is 5.57. The smallest absolute Gasteiger partial charge is 0.304 e. The summed E-state index contributed by atoms with van der Waals surface area (Å²) in [6, 6.07) is 2.26. The van der Waals surface area contributed by atoms with Gasteiger partial charge in [-0.2, -0.15) is 0 Å². The van der Waals surface area contributed by atoms with Crippen LogP contribution in [0.2, 0.25) is 5.15 Å². The van der Waals surface area contributed by atoms with E-state index in [0.29, 0.717) is 0 Å². The average Bonchev–Trinajstić information content (AvgIpc) is 2.26. The number of nitrogens with one attached hydrogen (secondary N) is 1. The zero-order valence-electron chi connectivity index (χ0n) is 9.95. The second-order valence-corrected chi connectivity index (χ2v) is 6.47. The largest absolute Gasteiger partial charge is 0.311 e. The van der Waals surface area contributed by atoms with Crippen molar-refractivity contribution in [1.82, 2.24) is 4.98 Å². The van der Waals surface area contributed by atoms with E-state index in [0.717, 1.165) is 12.3 Å². The van der Waals surface area contributed by atoms with E-state index in [1.807, 2.05) is 0 Å². The van der Waals surface area contributed by atoms with Crippen molar-refractivity contribution in [2.24, 2.45) is 0 Å². The molecule has 1 unspecified atom stereocenters. The standard InChI is InChI=1S/C9H10ClN3O5S/c1-5(19(2,17)18)9(14)12-8-6(13(15)16)3-4-7(10)11-8/h3-5H,1-2H3,(H,11,12,14). The molecule has 0 aliphatic rings. The summed E-state index contributed by atoms with van der Waals surface area (Å²) in [6.45, 7) is 1.17. The number of hydrogen-bond donors (Lipinski definition) is 1. The Hall–Kier alpha value is -1.74. The Morgan fingerprint density at radius 3 is 2.58 bits per heavy atom. The number of pyridine rings is 1. The molecule has 1 heterocycles. The molecule has 0 bridgehead atoms. The van der Waals surface area contributed by atoms with Gasteiger partial charge < -0.3 is 5.32 Å². The minimum absolute atomic E-state index is 0.0621. The molecule has 1 N–H and O–H groups in total. The Kier molecular flexibility index (Phi) is 4.43. The highest BCUT2D eigenvalue weighted by Gasteiger charge is 2.26. The van der Waals surface area contributed by atoms with Crippen LogP contribution >= 0.6 is 11.6 Å². The fourth-order valence-corrected chi connectivity index (χ4v) is 1.68. The maximum Gasteiger partial charge on any atom is 0.311 e. The number of halogens is 1. The van der Waals surface area contributed by atoms with Crippen molar-refractivity contribution in [1.29, 1.82) is 0 Å². The van der Waals surface area contributed by atoms with Crippen molar-refractivity contribution in [3.63, 3.8) is 0 Å². The molecule has 0 aliphatic heterocycles. The first-order chi connectivity index (χ1) is 8.62. The molecule has 1 aromatic heterocycles. The van der Waals surface area contributed by atoms with Gasteiger partial charge in [-0.25, -0.2) is 13.4 Å². The first-order valence-corrected chi connectivity index (χ1v) is 7.27. The van der Waals surface area contributed by atoms with Gasteiger partial charge in [-0.3, -0.25) is 14.9 Å². The molecule has 0 spiro atoms. The van der Waals surface area contributed by atoms with Crippen LogP contribution in [0.5, 0.6) is 0 Å². The molecule has 1 rings (SSSR count). The summed E-state index contributed by atoms with van der Waals surface area (Å²) in [5.74, 6) is -1.31. The molecular weight excluding hydrogens is 298 g/mol. The molecule has 0 fully saturated rings. The molecule has 1 amide bonds. The number of amides is 1. The van der Waals surface area contributed by atoms with Crippen molar-refractivity contribution in [3.05, 3.63) is 27.4 Å². The number of carbonyl (C=O) groups excluding carboxylic acids is 1. The van der Waals surface area contributed by atoms with Crippen LogP contribution in [0.25, 0.3) is 0 Å². The topological polar surface area (TPSA) is 119 Å². The van der Waals surface area contributed by atoms with E-state index in [4.69, 9.17) is 11.6 Å². The van der Waals surface area contributed by atoms with Crippen molar-refractivity contribution in [2.45, 2.75) is 12.2 Å². The van der Waals surface area contributed by atoms with E-state index in [9.17, 15) is 23.3 Å². The van der Waals surface area contributed by atoms with Crippen LogP contribution in [0.15, 0.2) is 12.1 Å². The molecular formula is C9H10ClN3O5S. The quantitative estimate of drug-likeness (QED) is 0.503. The van der Waals surface area contributed by atoms with E-state index in [2.05, 4.69) is 10.3 Å². The minimum atomic E-state index is -3.61. The highest BCUT2D eigenvalue weighted by Crippen LogP contribution is 2.24. The lowest BCUT2D eigenvalue weighted by Gasteiger charge is -2.10. The maximum absolute atomic E-state index is 11.6. The predicted octanol–water partition coefficient (Wildman–Crippen LogP) is 1.01. The molecule has 1 aromatic rings. The summed E-state index contributed by atoms with van der Waals surface area (Å²) in [4.78, 5) is 25.2. The van der Waals surface area contributed by atoms with Crippen LogP contribution in [-0.2, 0) is 14.6 Å². The van der Waals surface area contributed by atoms with E-state index in [1.54, 1.807) is 0 Å². The number of sulfone groups is 1. The van der Waals surface area contributed by atoms with Crippen LogP contribution in [0.3, 0.4) is 0 Å². The van der Waals surface area contributed by atoms with E-state index in [-0.39, 0.29) is 5.15 Å². The summed E-state index contributed by atoms with van der Waals surface area (Å²) in [7, 11) is -3.61. The monoisotopic (exact) mass is 307 g/mol. The Morgan fingerprint density at radius 1 is 1.53 bits per heavy atom. The Labute approximate surface area is 113 Å². The van der Waals surface area contributed by atoms with E-state index < -0.39 is 37.4 Å². The van der Waals surface area contributed by atoms with Gasteiger partial charge in [0.05, 0.1) is 4.92 Å². The van der Waals surface area contributed by atoms with Gasteiger partial charge in [-0.1, -0.05) is 11.6 Å². The number of rotatable bonds is 4.